The molecule has 0 saturated carbocycles. The van der Waals surface area contributed by atoms with Gasteiger partial charge in [0.15, 0.2) is 6.61 Å². The van der Waals surface area contributed by atoms with E-state index in [1.807, 2.05) is 84.9 Å². The van der Waals surface area contributed by atoms with Crippen molar-refractivity contribution in [1.82, 2.24) is 10.2 Å². The Kier molecular flexibility index (Phi) is 6.02. The van der Waals surface area contributed by atoms with Crippen LogP contribution in [0.15, 0.2) is 89.3 Å². The number of nitrogens with zero attached hydrogens (tertiary/aromatic N) is 2. The summed E-state index contributed by atoms with van der Waals surface area (Å²) < 4.78 is 17.0. The molecule has 3 aromatic carbocycles. The molecule has 0 aliphatic rings. The van der Waals surface area contributed by atoms with Crippen molar-refractivity contribution in [3.05, 3.63) is 102 Å². The lowest BCUT2D eigenvalue weighted by Gasteiger charge is -2.08. The Morgan fingerprint density at radius 2 is 1.28 bits per heavy atom. The zero-order valence-electron chi connectivity index (χ0n) is 15.8. The second-order valence-electron chi connectivity index (χ2n) is 6.34. The monoisotopic (exact) mass is 387 g/mol. The van der Waals surface area contributed by atoms with E-state index in [4.69, 9.17) is 13.9 Å². The van der Waals surface area contributed by atoms with E-state index in [1.165, 1.54) is 0 Å². The molecule has 1 N–H and O–H groups in total. The summed E-state index contributed by atoms with van der Waals surface area (Å²) in [6, 6.07) is 27.4. The van der Waals surface area contributed by atoms with Crippen LogP contribution in [0, 0.1) is 0 Å². The number of hydrogen-bond acceptors (Lipinski definition) is 6. The van der Waals surface area contributed by atoms with Crippen LogP contribution in [0.4, 0.5) is 5.69 Å². The fourth-order valence-corrected chi connectivity index (χ4v) is 2.67. The topological polar surface area (TPSA) is 69.4 Å². The Morgan fingerprint density at radius 3 is 2.03 bits per heavy atom. The van der Waals surface area contributed by atoms with Crippen molar-refractivity contribution in [2.75, 3.05) is 5.32 Å². The SMILES string of the molecule is c1ccc(COc2ccc(NCc3nnc(COc4ccccc4)o3)cc2)cc1. The molecule has 0 aliphatic carbocycles. The molecule has 1 aromatic heterocycles. The highest BCUT2D eigenvalue weighted by Gasteiger charge is 2.07. The van der Waals surface area contributed by atoms with E-state index in [0.717, 1.165) is 22.7 Å². The summed E-state index contributed by atoms with van der Waals surface area (Å²) in [4.78, 5) is 0. The minimum Gasteiger partial charge on any atom is -0.489 e. The Hall–Kier alpha value is -3.80. The summed E-state index contributed by atoms with van der Waals surface area (Å²) in [5.74, 6) is 2.52. The lowest BCUT2D eigenvalue weighted by molar-refractivity contribution is 0.259. The molecule has 146 valence electrons. The predicted octanol–water partition coefficient (Wildman–Crippen LogP) is 4.84. The molecule has 0 bridgehead atoms. The van der Waals surface area contributed by atoms with Gasteiger partial charge in [-0.2, -0.15) is 0 Å². The first-order valence-corrected chi connectivity index (χ1v) is 9.35. The normalized spacial score (nSPS) is 10.5. The molecule has 0 fully saturated rings. The van der Waals surface area contributed by atoms with E-state index in [2.05, 4.69) is 15.5 Å². The maximum atomic E-state index is 5.79. The molecule has 0 spiro atoms. The van der Waals surface area contributed by atoms with Gasteiger partial charge in [-0.15, -0.1) is 10.2 Å². The molecule has 0 aliphatic heterocycles. The van der Waals surface area contributed by atoms with Gasteiger partial charge in [-0.05, 0) is 42.0 Å². The first kappa shape index (κ1) is 18.6. The van der Waals surface area contributed by atoms with Gasteiger partial charge in [0, 0.05) is 5.69 Å². The standard InChI is InChI=1S/C23H21N3O3/c1-3-7-18(8-4-1)16-27-21-13-11-19(12-14-21)24-15-22-25-26-23(29-22)17-28-20-9-5-2-6-10-20/h1-14,24H,15-17H2. The number of nitrogens with one attached hydrogen (secondary N) is 1. The quantitative estimate of drug-likeness (QED) is 0.443. The number of ether oxygens (including phenoxy) is 2. The molecule has 0 radical (unpaired) electrons. The number of anilines is 1. The highest BCUT2D eigenvalue weighted by molar-refractivity contribution is 5.46. The lowest BCUT2D eigenvalue weighted by atomic mass is 10.2. The summed E-state index contributed by atoms with van der Waals surface area (Å²) in [6.07, 6.45) is 0. The Balaban J connectivity index is 1.23. The highest BCUT2D eigenvalue weighted by Crippen LogP contribution is 2.18. The van der Waals surface area contributed by atoms with Crippen LogP contribution in [0.25, 0.3) is 0 Å². The van der Waals surface area contributed by atoms with Crippen LogP contribution in [-0.4, -0.2) is 10.2 Å². The molecule has 6 heteroatoms. The van der Waals surface area contributed by atoms with E-state index < -0.39 is 0 Å². The van der Waals surface area contributed by atoms with E-state index in [9.17, 15) is 0 Å². The van der Waals surface area contributed by atoms with Crippen LogP contribution in [0.1, 0.15) is 17.3 Å². The molecule has 4 aromatic rings. The van der Waals surface area contributed by atoms with Crippen LogP contribution >= 0.6 is 0 Å². The van der Waals surface area contributed by atoms with Gasteiger partial charge in [0.1, 0.15) is 18.1 Å². The molecule has 29 heavy (non-hydrogen) atoms. The third-order valence-corrected chi connectivity index (χ3v) is 4.16. The van der Waals surface area contributed by atoms with Crippen molar-refractivity contribution >= 4 is 5.69 Å². The van der Waals surface area contributed by atoms with Crippen molar-refractivity contribution in [1.29, 1.82) is 0 Å². The minimum atomic E-state index is 0.241. The fourth-order valence-electron chi connectivity index (χ4n) is 2.67. The zero-order chi connectivity index (χ0) is 19.7. The van der Waals surface area contributed by atoms with E-state index in [0.29, 0.717) is 24.9 Å². The third kappa shape index (κ3) is 5.59. The molecular formula is C23H21N3O3. The second kappa shape index (κ2) is 9.41. The maximum Gasteiger partial charge on any atom is 0.253 e. The molecular weight excluding hydrogens is 366 g/mol. The number of benzene rings is 3. The van der Waals surface area contributed by atoms with Crippen molar-refractivity contribution < 1.29 is 13.9 Å². The van der Waals surface area contributed by atoms with Crippen LogP contribution in [0.3, 0.4) is 0 Å². The molecule has 0 atom stereocenters. The van der Waals surface area contributed by atoms with Gasteiger partial charge in [0.2, 0.25) is 5.89 Å². The van der Waals surface area contributed by atoms with E-state index in [-0.39, 0.29) is 6.61 Å². The average molecular weight is 387 g/mol. The van der Waals surface area contributed by atoms with Crippen LogP contribution in [0.5, 0.6) is 11.5 Å². The van der Waals surface area contributed by atoms with Gasteiger partial charge in [0.25, 0.3) is 5.89 Å². The van der Waals surface area contributed by atoms with E-state index in [1.54, 1.807) is 0 Å². The molecule has 0 saturated heterocycles. The van der Waals surface area contributed by atoms with Crippen molar-refractivity contribution in [3.8, 4) is 11.5 Å². The fraction of sp³-hybridized carbons (Fsp3) is 0.130. The van der Waals surface area contributed by atoms with Gasteiger partial charge in [-0.3, -0.25) is 0 Å². The number of rotatable bonds is 9. The van der Waals surface area contributed by atoms with Gasteiger partial charge < -0.3 is 19.2 Å². The smallest absolute Gasteiger partial charge is 0.253 e. The van der Waals surface area contributed by atoms with Crippen LogP contribution in [0.2, 0.25) is 0 Å². The lowest BCUT2D eigenvalue weighted by Crippen LogP contribution is -2.00. The first-order valence-electron chi connectivity index (χ1n) is 9.35. The summed E-state index contributed by atoms with van der Waals surface area (Å²) >= 11 is 0. The predicted molar refractivity (Wildman–Crippen MR) is 110 cm³/mol. The summed E-state index contributed by atoms with van der Waals surface area (Å²) in [5.41, 5.74) is 2.08. The van der Waals surface area contributed by atoms with Crippen molar-refractivity contribution in [2.45, 2.75) is 19.8 Å². The molecule has 0 amide bonds. The number of para-hydroxylation sites is 1. The van der Waals surface area contributed by atoms with Crippen LogP contribution < -0.4 is 14.8 Å². The maximum absolute atomic E-state index is 5.79. The summed E-state index contributed by atoms with van der Waals surface area (Å²) in [5, 5.41) is 11.3. The highest BCUT2D eigenvalue weighted by atomic mass is 16.5. The average Bonchev–Trinajstić information content (AvgIpc) is 3.25. The summed E-state index contributed by atoms with van der Waals surface area (Å²) in [7, 11) is 0. The zero-order valence-corrected chi connectivity index (χ0v) is 15.8. The number of aromatic nitrogens is 2. The van der Waals surface area contributed by atoms with E-state index >= 15 is 0 Å². The Bertz CT molecular complexity index is 1000. The minimum absolute atomic E-state index is 0.241. The molecule has 6 nitrogen and oxygen atoms in total. The van der Waals surface area contributed by atoms with Gasteiger partial charge in [-0.1, -0.05) is 48.5 Å². The van der Waals surface area contributed by atoms with Gasteiger partial charge in [-0.25, -0.2) is 0 Å². The van der Waals surface area contributed by atoms with Gasteiger partial charge >= 0.3 is 0 Å². The first-order chi connectivity index (χ1) is 14.3. The largest absolute Gasteiger partial charge is 0.489 e. The molecule has 4 rings (SSSR count). The van der Waals surface area contributed by atoms with Gasteiger partial charge in [0.05, 0.1) is 6.54 Å². The second-order valence-corrected chi connectivity index (χ2v) is 6.34. The van der Waals surface area contributed by atoms with Crippen LogP contribution in [-0.2, 0) is 19.8 Å². The van der Waals surface area contributed by atoms with Crippen molar-refractivity contribution in [3.63, 3.8) is 0 Å². The third-order valence-electron chi connectivity index (χ3n) is 4.16. The summed E-state index contributed by atoms with van der Waals surface area (Å²) in [6.45, 7) is 1.22. The molecule has 1 heterocycles. The Morgan fingerprint density at radius 1 is 0.655 bits per heavy atom. The molecule has 0 unspecified atom stereocenters. The Labute approximate surface area is 169 Å². The van der Waals surface area contributed by atoms with Crippen molar-refractivity contribution in [2.24, 2.45) is 0 Å². The number of hydrogen-bond donors (Lipinski definition) is 1.